The SMILES string of the molecule is COC(C)CNc1cccc(C#N)c1[N+](=O)[O-]. The number of anilines is 1. The van der Waals surface area contributed by atoms with E-state index >= 15 is 0 Å². The zero-order valence-corrected chi connectivity index (χ0v) is 9.64. The highest BCUT2D eigenvalue weighted by Crippen LogP contribution is 2.27. The van der Waals surface area contributed by atoms with E-state index in [1.54, 1.807) is 25.3 Å². The molecule has 1 rings (SSSR count). The van der Waals surface area contributed by atoms with Crippen molar-refractivity contribution < 1.29 is 9.66 Å². The molecule has 0 amide bonds. The van der Waals surface area contributed by atoms with Gasteiger partial charge in [0.1, 0.15) is 17.3 Å². The number of nitriles is 1. The molecule has 0 aliphatic carbocycles. The van der Waals surface area contributed by atoms with E-state index in [0.717, 1.165) is 0 Å². The molecule has 0 radical (unpaired) electrons. The van der Waals surface area contributed by atoms with Crippen LogP contribution in [0.25, 0.3) is 0 Å². The molecule has 6 nitrogen and oxygen atoms in total. The fourth-order valence-electron chi connectivity index (χ4n) is 1.31. The van der Waals surface area contributed by atoms with Crippen LogP contribution in [0.3, 0.4) is 0 Å². The number of ether oxygens (including phenoxy) is 1. The molecule has 0 saturated carbocycles. The molecular formula is C11H13N3O3. The molecule has 1 N–H and O–H groups in total. The monoisotopic (exact) mass is 235 g/mol. The summed E-state index contributed by atoms with van der Waals surface area (Å²) in [4.78, 5) is 10.3. The van der Waals surface area contributed by atoms with Gasteiger partial charge in [-0.3, -0.25) is 10.1 Å². The highest BCUT2D eigenvalue weighted by Gasteiger charge is 2.19. The van der Waals surface area contributed by atoms with E-state index in [0.29, 0.717) is 12.2 Å². The molecule has 1 atom stereocenters. The van der Waals surface area contributed by atoms with Crippen molar-refractivity contribution in [3.8, 4) is 6.07 Å². The van der Waals surface area contributed by atoms with Crippen LogP contribution in [0.4, 0.5) is 11.4 Å². The van der Waals surface area contributed by atoms with Gasteiger partial charge < -0.3 is 10.1 Å². The van der Waals surface area contributed by atoms with Gasteiger partial charge in [0.25, 0.3) is 0 Å². The summed E-state index contributed by atoms with van der Waals surface area (Å²) in [5.74, 6) is 0. The van der Waals surface area contributed by atoms with Gasteiger partial charge in [-0.15, -0.1) is 0 Å². The highest BCUT2D eigenvalue weighted by molar-refractivity contribution is 5.68. The van der Waals surface area contributed by atoms with Gasteiger partial charge in [-0.2, -0.15) is 5.26 Å². The Morgan fingerprint density at radius 2 is 2.35 bits per heavy atom. The second-order valence-electron chi connectivity index (χ2n) is 3.50. The number of methoxy groups -OCH3 is 1. The van der Waals surface area contributed by atoms with Crippen molar-refractivity contribution in [1.29, 1.82) is 5.26 Å². The summed E-state index contributed by atoms with van der Waals surface area (Å²) in [5, 5.41) is 22.6. The average Bonchev–Trinajstić information content (AvgIpc) is 2.34. The second kappa shape index (κ2) is 5.82. The van der Waals surface area contributed by atoms with E-state index in [2.05, 4.69) is 5.32 Å². The molecule has 0 heterocycles. The smallest absolute Gasteiger partial charge is 0.309 e. The quantitative estimate of drug-likeness (QED) is 0.622. The normalized spacial score (nSPS) is 11.6. The third-order valence-electron chi connectivity index (χ3n) is 2.32. The summed E-state index contributed by atoms with van der Waals surface area (Å²) >= 11 is 0. The van der Waals surface area contributed by atoms with E-state index in [9.17, 15) is 10.1 Å². The lowest BCUT2D eigenvalue weighted by Crippen LogP contribution is -2.18. The number of hydrogen-bond donors (Lipinski definition) is 1. The Morgan fingerprint density at radius 3 is 2.88 bits per heavy atom. The van der Waals surface area contributed by atoms with Gasteiger partial charge in [0, 0.05) is 13.7 Å². The van der Waals surface area contributed by atoms with Crippen LogP contribution < -0.4 is 5.32 Å². The fourth-order valence-corrected chi connectivity index (χ4v) is 1.31. The Labute approximate surface area is 99.0 Å². The number of rotatable bonds is 5. The molecule has 0 aromatic heterocycles. The van der Waals surface area contributed by atoms with E-state index < -0.39 is 4.92 Å². The van der Waals surface area contributed by atoms with Gasteiger partial charge in [-0.05, 0) is 19.1 Å². The third kappa shape index (κ3) is 3.16. The minimum Gasteiger partial charge on any atom is -0.380 e. The van der Waals surface area contributed by atoms with E-state index in [4.69, 9.17) is 10.00 Å². The Balaban J connectivity index is 2.99. The minimum absolute atomic E-state index is 0.0464. The van der Waals surface area contributed by atoms with Crippen molar-refractivity contribution in [3.63, 3.8) is 0 Å². The van der Waals surface area contributed by atoms with Gasteiger partial charge in [-0.1, -0.05) is 6.07 Å². The number of benzene rings is 1. The van der Waals surface area contributed by atoms with E-state index in [1.165, 1.54) is 6.07 Å². The molecule has 1 unspecified atom stereocenters. The molecule has 17 heavy (non-hydrogen) atoms. The zero-order valence-electron chi connectivity index (χ0n) is 9.64. The first-order valence-corrected chi connectivity index (χ1v) is 5.04. The topological polar surface area (TPSA) is 88.2 Å². The molecule has 0 aliphatic rings. The molecule has 0 spiro atoms. The first-order chi connectivity index (χ1) is 8.10. The van der Waals surface area contributed by atoms with E-state index in [1.807, 2.05) is 6.92 Å². The predicted octanol–water partition coefficient (Wildman–Crippen LogP) is 1.91. The summed E-state index contributed by atoms with van der Waals surface area (Å²) in [5.41, 5.74) is 0.182. The third-order valence-corrected chi connectivity index (χ3v) is 2.32. The number of nitrogens with one attached hydrogen (secondary N) is 1. The van der Waals surface area contributed by atoms with Crippen LogP contribution in [0.5, 0.6) is 0 Å². The van der Waals surface area contributed by atoms with Crippen molar-refractivity contribution in [2.75, 3.05) is 19.0 Å². The van der Waals surface area contributed by atoms with Gasteiger partial charge >= 0.3 is 5.69 Å². The number of hydrogen-bond acceptors (Lipinski definition) is 5. The molecule has 1 aromatic rings. The van der Waals surface area contributed by atoms with Crippen molar-refractivity contribution >= 4 is 11.4 Å². The largest absolute Gasteiger partial charge is 0.380 e. The van der Waals surface area contributed by atoms with Crippen LogP contribution >= 0.6 is 0 Å². The maximum absolute atomic E-state index is 10.9. The van der Waals surface area contributed by atoms with Crippen LogP contribution in [0.1, 0.15) is 12.5 Å². The molecular weight excluding hydrogens is 222 g/mol. The minimum atomic E-state index is -0.557. The van der Waals surface area contributed by atoms with Crippen LogP contribution in [0.2, 0.25) is 0 Å². The lowest BCUT2D eigenvalue weighted by Gasteiger charge is -2.12. The molecule has 1 aromatic carbocycles. The Bertz CT molecular complexity index is 454. The van der Waals surface area contributed by atoms with Gasteiger partial charge in [0.05, 0.1) is 11.0 Å². The van der Waals surface area contributed by atoms with Crippen molar-refractivity contribution in [2.24, 2.45) is 0 Å². The molecule has 0 aliphatic heterocycles. The highest BCUT2D eigenvalue weighted by atomic mass is 16.6. The summed E-state index contributed by atoms with van der Waals surface area (Å²) in [6, 6.07) is 6.40. The summed E-state index contributed by atoms with van der Waals surface area (Å²) in [6.07, 6.45) is -0.0691. The molecule has 0 fully saturated rings. The lowest BCUT2D eigenvalue weighted by molar-refractivity contribution is -0.384. The Hall–Kier alpha value is -2.13. The van der Waals surface area contributed by atoms with Crippen molar-refractivity contribution in [1.82, 2.24) is 0 Å². The molecule has 6 heteroatoms. The van der Waals surface area contributed by atoms with Crippen LogP contribution in [-0.2, 0) is 4.74 Å². The van der Waals surface area contributed by atoms with Crippen molar-refractivity contribution in [3.05, 3.63) is 33.9 Å². The summed E-state index contributed by atoms with van der Waals surface area (Å²) in [6.45, 7) is 2.28. The summed E-state index contributed by atoms with van der Waals surface area (Å²) < 4.78 is 5.03. The first kappa shape index (κ1) is 12.9. The van der Waals surface area contributed by atoms with Crippen molar-refractivity contribution in [2.45, 2.75) is 13.0 Å². The van der Waals surface area contributed by atoms with Gasteiger partial charge in [-0.25, -0.2) is 0 Å². The summed E-state index contributed by atoms with van der Waals surface area (Å²) in [7, 11) is 1.56. The zero-order chi connectivity index (χ0) is 12.8. The Kier molecular flexibility index (Phi) is 4.43. The van der Waals surface area contributed by atoms with Crippen LogP contribution in [0.15, 0.2) is 18.2 Å². The Morgan fingerprint density at radius 1 is 1.65 bits per heavy atom. The maximum atomic E-state index is 10.9. The molecule has 0 saturated heterocycles. The molecule has 0 bridgehead atoms. The average molecular weight is 235 g/mol. The predicted molar refractivity (Wildman–Crippen MR) is 62.8 cm³/mol. The maximum Gasteiger partial charge on any atom is 0.309 e. The second-order valence-corrected chi connectivity index (χ2v) is 3.50. The van der Waals surface area contributed by atoms with Gasteiger partial charge in [0.2, 0.25) is 0 Å². The standard InChI is InChI=1S/C11H13N3O3/c1-8(17-2)7-13-10-5-3-4-9(6-12)11(10)14(15)16/h3-5,8,13H,7H2,1-2H3. The van der Waals surface area contributed by atoms with Gasteiger partial charge in [0.15, 0.2) is 0 Å². The number of nitro benzene ring substituents is 1. The lowest BCUT2D eigenvalue weighted by atomic mass is 10.1. The van der Waals surface area contributed by atoms with Crippen LogP contribution in [-0.4, -0.2) is 24.7 Å². The van der Waals surface area contributed by atoms with Crippen LogP contribution in [0, 0.1) is 21.4 Å². The number of nitro groups is 1. The first-order valence-electron chi connectivity index (χ1n) is 5.04. The fraction of sp³-hybridized carbons (Fsp3) is 0.364. The molecule has 90 valence electrons. The van der Waals surface area contributed by atoms with E-state index in [-0.39, 0.29) is 17.4 Å². The number of para-hydroxylation sites is 1. The number of nitrogens with zero attached hydrogens (tertiary/aromatic N) is 2.